The second kappa shape index (κ2) is 7.36. The first-order chi connectivity index (χ1) is 9.81. The number of aryl methyl sites for hydroxylation is 2. The van der Waals surface area contributed by atoms with Crippen LogP contribution < -0.4 is 10.0 Å². The lowest BCUT2D eigenvalue weighted by atomic mass is 10.1. The molecule has 2 rings (SSSR count). The molecule has 1 saturated heterocycles. The highest BCUT2D eigenvalue weighted by molar-refractivity contribution is 7.89. The van der Waals surface area contributed by atoms with E-state index >= 15 is 0 Å². The van der Waals surface area contributed by atoms with Gasteiger partial charge in [0, 0.05) is 17.7 Å². The molecule has 2 N–H and O–H groups in total. The first kappa shape index (κ1) is 18.8. The molecule has 0 radical (unpaired) electrons. The van der Waals surface area contributed by atoms with Crippen molar-refractivity contribution in [2.75, 3.05) is 13.1 Å². The molecule has 0 amide bonds. The molecular weight excluding hydrogens is 330 g/mol. The molecule has 0 unspecified atom stereocenters. The fourth-order valence-electron chi connectivity index (χ4n) is 2.53. The fraction of sp³-hybridized carbons (Fsp3) is 0.538. The van der Waals surface area contributed by atoms with Crippen molar-refractivity contribution in [2.45, 2.75) is 37.6 Å². The molecule has 1 aliphatic heterocycles. The Morgan fingerprint density at radius 3 is 2.36 bits per heavy atom. The molecule has 0 spiro atoms. The van der Waals surface area contributed by atoms with Gasteiger partial charge in [-0.1, -0.05) is 0 Å². The van der Waals surface area contributed by atoms with Crippen molar-refractivity contribution in [3.63, 3.8) is 0 Å². The van der Waals surface area contributed by atoms with Gasteiger partial charge in [-0.2, -0.15) is 0 Å². The van der Waals surface area contributed by atoms with E-state index in [0.717, 1.165) is 19.2 Å². The number of rotatable bonds is 4. The molecule has 0 aromatic heterocycles. The molecule has 124 valence electrons. The van der Waals surface area contributed by atoms with Crippen LogP contribution in [-0.2, 0) is 10.0 Å². The third-order valence-corrected chi connectivity index (χ3v) is 5.30. The molecule has 22 heavy (non-hydrogen) atoms. The predicted octanol–water partition coefficient (Wildman–Crippen LogP) is 1.66. The average molecular weight is 350 g/mol. The van der Waals surface area contributed by atoms with E-state index in [1.165, 1.54) is 6.07 Å². The minimum absolute atomic E-state index is 0. The number of sulfonamides is 1. The van der Waals surface area contributed by atoms with E-state index < -0.39 is 14.9 Å². The Kier molecular flexibility index (Phi) is 6.30. The smallest absolute Gasteiger partial charge is 0.273 e. The third-order valence-electron chi connectivity index (χ3n) is 3.64. The highest BCUT2D eigenvalue weighted by Crippen LogP contribution is 2.26. The lowest BCUT2D eigenvalue weighted by molar-refractivity contribution is -0.385. The first-order valence-electron chi connectivity index (χ1n) is 6.80. The quantitative estimate of drug-likeness (QED) is 0.636. The van der Waals surface area contributed by atoms with Gasteiger partial charge in [-0.05, 0) is 51.4 Å². The molecular formula is C13H20ClN3O4S. The Morgan fingerprint density at radius 1 is 1.23 bits per heavy atom. The van der Waals surface area contributed by atoms with Crippen LogP contribution in [0.5, 0.6) is 0 Å². The minimum atomic E-state index is -3.75. The van der Waals surface area contributed by atoms with Gasteiger partial charge in [0.2, 0.25) is 10.0 Å². The highest BCUT2D eigenvalue weighted by Gasteiger charge is 2.26. The molecule has 1 fully saturated rings. The van der Waals surface area contributed by atoms with E-state index in [0.29, 0.717) is 24.0 Å². The van der Waals surface area contributed by atoms with Crippen LogP contribution in [0.2, 0.25) is 0 Å². The van der Waals surface area contributed by atoms with Gasteiger partial charge in [0.05, 0.1) is 9.82 Å². The number of nitro groups is 1. The van der Waals surface area contributed by atoms with Crippen molar-refractivity contribution in [1.29, 1.82) is 0 Å². The number of halogens is 1. The van der Waals surface area contributed by atoms with Crippen molar-refractivity contribution in [1.82, 2.24) is 10.0 Å². The van der Waals surface area contributed by atoms with Crippen molar-refractivity contribution >= 4 is 28.1 Å². The van der Waals surface area contributed by atoms with Gasteiger partial charge < -0.3 is 5.32 Å². The van der Waals surface area contributed by atoms with Crippen LogP contribution in [0.25, 0.3) is 0 Å². The lowest BCUT2D eigenvalue weighted by Gasteiger charge is -2.23. The summed E-state index contributed by atoms with van der Waals surface area (Å²) in [5, 5.41) is 14.1. The molecule has 1 aliphatic rings. The van der Waals surface area contributed by atoms with Crippen molar-refractivity contribution in [3.8, 4) is 0 Å². The zero-order valence-electron chi connectivity index (χ0n) is 12.5. The van der Waals surface area contributed by atoms with E-state index in [-0.39, 0.29) is 29.0 Å². The topological polar surface area (TPSA) is 101 Å². The number of nitrogens with zero attached hydrogens (tertiary/aromatic N) is 1. The van der Waals surface area contributed by atoms with E-state index in [1.54, 1.807) is 13.8 Å². The maximum Gasteiger partial charge on any atom is 0.273 e. The summed E-state index contributed by atoms with van der Waals surface area (Å²) in [5.74, 6) is 0. The summed E-state index contributed by atoms with van der Waals surface area (Å²) < 4.78 is 27.6. The van der Waals surface area contributed by atoms with Crippen LogP contribution in [0.3, 0.4) is 0 Å². The zero-order valence-corrected chi connectivity index (χ0v) is 14.1. The van der Waals surface area contributed by atoms with Crippen LogP contribution in [0, 0.1) is 24.0 Å². The van der Waals surface area contributed by atoms with Crippen molar-refractivity contribution < 1.29 is 13.3 Å². The summed E-state index contributed by atoms with van der Waals surface area (Å²) in [7, 11) is -3.75. The lowest BCUT2D eigenvalue weighted by Crippen LogP contribution is -2.42. The van der Waals surface area contributed by atoms with Crippen LogP contribution in [0.1, 0.15) is 24.0 Å². The van der Waals surface area contributed by atoms with Crippen LogP contribution >= 0.6 is 12.4 Å². The maximum absolute atomic E-state index is 12.5. The summed E-state index contributed by atoms with van der Waals surface area (Å²) in [5.41, 5.74) is 0.795. The normalized spacial score (nSPS) is 16.1. The maximum atomic E-state index is 12.5. The highest BCUT2D eigenvalue weighted by atomic mass is 35.5. The number of hydrogen-bond acceptors (Lipinski definition) is 5. The SMILES string of the molecule is Cc1cc(C)c(S(=O)(=O)NC2CCNCC2)cc1[N+](=O)[O-].Cl. The molecule has 7 nitrogen and oxygen atoms in total. The first-order valence-corrected chi connectivity index (χ1v) is 8.28. The van der Waals surface area contributed by atoms with Gasteiger partial charge in [-0.25, -0.2) is 13.1 Å². The van der Waals surface area contributed by atoms with Gasteiger partial charge in [0.25, 0.3) is 5.69 Å². The largest absolute Gasteiger partial charge is 0.317 e. The molecule has 1 heterocycles. The summed E-state index contributed by atoms with van der Waals surface area (Å²) in [6.07, 6.45) is 1.43. The standard InChI is InChI=1S/C13H19N3O4S.ClH/c1-9-7-10(2)13(8-12(9)16(17)18)21(19,20)15-11-3-5-14-6-4-11;/h7-8,11,14-15H,3-6H2,1-2H3;1H. The molecule has 0 bridgehead atoms. The van der Waals surface area contributed by atoms with Gasteiger partial charge >= 0.3 is 0 Å². The van der Waals surface area contributed by atoms with Crippen molar-refractivity contribution in [3.05, 3.63) is 33.4 Å². The predicted molar refractivity (Wildman–Crippen MR) is 86.0 cm³/mol. The Morgan fingerprint density at radius 2 is 1.82 bits per heavy atom. The third kappa shape index (κ3) is 4.16. The number of benzene rings is 1. The summed E-state index contributed by atoms with van der Waals surface area (Å²) in [4.78, 5) is 10.4. The zero-order chi connectivity index (χ0) is 15.6. The van der Waals surface area contributed by atoms with Crippen LogP contribution in [-0.4, -0.2) is 32.5 Å². The second-order valence-corrected chi connectivity index (χ2v) is 6.99. The molecule has 0 aliphatic carbocycles. The number of piperidine rings is 1. The van der Waals surface area contributed by atoms with Gasteiger partial charge in [0.15, 0.2) is 0 Å². The molecule has 9 heteroatoms. The van der Waals surface area contributed by atoms with Crippen LogP contribution in [0.4, 0.5) is 5.69 Å². The van der Waals surface area contributed by atoms with E-state index in [1.807, 2.05) is 0 Å². The molecule has 1 aromatic carbocycles. The molecule has 0 saturated carbocycles. The van der Waals surface area contributed by atoms with Gasteiger partial charge in [0.1, 0.15) is 0 Å². The Hall–Kier alpha value is -1.22. The average Bonchev–Trinajstić information content (AvgIpc) is 2.38. The summed E-state index contributed by atoms with van der Waals surface area (Å²) in [6, 6.07) is 2.56. The Bertz CT molecular complexity index is 657. The number of nitrogens with one attached hydrogen (secondary N) is 2. The van der Waals surface area contributed by atoms with Gasteiger partial charge in [-0.15, -0.1) is 12.4 Å². The second-order valence-electron chi connectivity index (χ2n) is 5.31. The minimum Gasteiger partial charge on any atom is -0.317 e. The van der Waals surface area contributed by atoms with E-state index in [4.69, 9.17) is 0 Å². The van der Waals surface area contributed by atoms with E-state index in [2.05, 4.69) is 10.0 Å². The van der Waals surface area contributed by atoms with Crippen LogP contribution in [0.15, 0.2) is 17.0 Å². The number of nitro benzene ring substituents is 1. The summed E-state index contributed by atoms with van der Waals surface area (Å²) in [6.45, 7) is 4.77. The van der Waals surface area contributed by atoms with Gasteiger partial charge in [-0.3, -0.25) is 10.1 Å². The van der Waals surface area contributed by atoms with E-state index in [9.17, 15) is 18.5 Å². The molecule has 0 atom stereocenters. The Balaban J connectivity index is 0.00000242. The Labute approximate surface area is 136 Å². The summed E-state index contributed by atoms with van der Waals surface area (Å²) >= 11 is 0. The van der Waals surface area contributed by atoms with Crippen molar-refractivity contribution in [2.24, 2.45) is 0 Å². The number of hydrogen-bond donors (Lipinski definition) is 2. The fourth-order valence-corrected chi connectivity index (χ4v) is 4.08. The molecule has 1 aromatic rings. The monoisotopic (exact) mass is 349 g/mol.